The third-order valence-electron chi connectivity index (χ3n) is 3.42. The number of aliphatic hydroxyl groups excluding tert-OH is 1. The van der Waals surface area contributed by atoms with Gasteiger partial charge in [-0.2, -0.15) is 26.3 Å². The van der Waals surface area contributed by atoms with Gasteiger partial charge in [-0.3, -0.25) is 4.79 Å². The average Bonchev–Trinajstić information content (AvgIpc) is 2.68. The molecule has 1 atom stereocenters. The van der Waals surface area contributed by atoms with Crippen molar-refractivity contribution in [3.05, 3.63) is 34.9 Å². The predicted octanol–water partition coefficient (Wildman–Crippen LogP) is 2.56. The van der Waals surface area contributed by atoms with Gasteiger partial charge in [0.2, 0.25) is 0 Å². The Bertz CT molecular complexity index is 614. The smallest absolute Gasteiger partial charge is 0.389 e. The van der Waals surface area contributed by atoms with Crippen molar-refractivity contribution in [1.29, 1.82) is 0 Å². The van der Waals surface area contributed by atoms with Crippen LogP contribution in [0.4, 0.5) is 26.3 Å². The molecule has 1 amide bonds. The summed E-state index contributed by atoms with van der Waals surface area (Å²) < 4.78 is 82.1. The molecule has 1 aliphatic heterocycles. The summed E-state index contributed by atoms with van der Waals surface area (Å²) in [5.74, 6) is -1.11. The maximum Gasteiger partial charge on any atom is 0.417 e. The molecular weight excluding hydrogens is 344 g/mol. The average molecular weight is 357 g/mol. The van der Waals surface area contributed by atoms with E-state index >= 15 is 0 Å². The van der Waals surface area contributed by atoms with Crippen molar-refractivity contribution < 1.29 is 41.0 Å². The number of halogens is 6. The number of benzene rings is 1. The van der Waals surface area contributed by atoms with E-state index in [2.05, 4.69) is 0 Å². The Hall–Kier alpha value is -1.81. The van der Waals surface area contributed by atoms with E-state index in [4.69, 9.17) is 4.74 Å². The SMILES string of the molecule is O=C(c1ccc(C(F)(F)F)cc1C(F)(F)F)N1CCOC[C@@H](O)C1. The normalized spacial score (nSPS) is 20.0. The van der Waals surface area contributed by atoms with Crippen molar-refractivity contribution in [2.24, 2.45) is 0 Å². The fourth-order valence-electron chi connectivity index (χ4n) is 2.29. The van der Waals surface area contributed by atoms with Crippen molar-refractivity contribution in [1.82, 2.24) is 4.90 Å². The lowest BCUT2D eigenvalue weighted by Crippen LogP contribution is -2.38. The number of carbonyl (C=O) groups excluding carboxylic acids is 1. The predicted molar refractivity (Wildman–Crippen MR) is 69.2 cm³/mol. The van der Waals surface area contributed by atoms with Gasteiger partial charge in [-0.15, -0.1) is 0 Å². The van der Waals surface area contributed by atoms with Gasteiger partial charge in [-0.05, 0) is 18.2 Å². The molecule has 1 aromatic carbocycles. The van der Waals surface area contributed by atoms with Crippen LogP contribution in [-0.4, -0.2) is 48.3 Å². The van der Waals surface area contributed by atoms with Gasteiger partial charge in [0.1, 0.15) is 0 Å². The molecule has 0 aliphatic carbocycles. The summed E-state index contributed by atoms with van der Waals surface area (Å²) in [6.45, 7) is -0.418. The monoisotopic (exact) mass is 357 g/mol. The number of carbonyl (C=O) groups is 1. The molecule has 1 heterocycles. The zero-order chi connectivity index (χ0) is 18.1. The molecule has 1 fully saturated rings. The van der Waals surface area contributed by atoms with E-state index in [1.54, 1.807) is 0 Å². The first-order valence-corrected chi connectivity index (χ1v) is 6.83. The molecular formula is C14H13F6NO3. The van der Waals surface area contributed by atoms with E-state index < -0.39 is 41.1 Å². The van der Waals surface area contributed by atoms with Gasteiger partial charge in [-0.25, -0.2) is 0 Å². The highest BCUT2D eigenvalue weighted by Gasteiger charge is 2.40. The van der Waals surface area contributed by atoms with Crippen LogP contribution < -0.4 is 0 Å². The topological polar surface area (TPSA) is 49.8 Å². The van der Waals surface area contributed by atoms with Crippen molar-refractivity contribution >= 4 is 5.91 Å². The molecule has 0 bridgehead atoms. The van der Waals surface area contributed by atoms with Crippen LogP contribution in [-0.2, 0) is 17.1 Å². The molecule has 4 nitrogen and oxygen atoms in total. The highest BCUT2D eigenvalue weighted by atomic mass is 19.4. The summed E-state index contributed by atoms with van der Waals surface area (Å²) in [4.78, 5) is 13.2. The summed E-state index contributed by atoms with van der Waals surface area (Å²) >= 11 is 0. The Labute approximate surface area is 132 Å². The van der Waals surface area contributed by atoms with E-state index in [0.29, 0.717) is 12.1 Å². The molecule has 24 heavy (non-hydrogen) atoms. The van der Waals surface area contributed by atoms with E-state index in [1.807, 2.05) is 0 Å². The lowest BCUT2D eigenvalue weighted by atomic mass is 10.0. The first-order valence-electron chi connectivity index (χ1n) is 6.83. The van der Waals surface area contributed by atoms with Gasteiger partial charge in [-0.1, -0.05) is 0 Å². The lowest BCUT2D eigenvalue weighted by Gasteiger charge is -2.23. The summed E-state index contributed by atoms with van der Waals surface area (Å²) in [7, 11) is 0. The number of hydrogen-bond donors (Lipinski definition) is 1. The quantitative estimate of drug-likeness (QED) is 0.786. The third kappa shape index (κ3) is 4.18. The minimum absolute atomic E-state index is 0.00475. The lowest BCUT2D eigenvalue weighted by molar-refractivity contribution is -0.143. The van der Waals surface area contributed by atoms with Gasteiger partial charge in [0.15, 0.2) is 0 Å². The standard InChI is InChI=1S/C14H13F6NO3/c15-13(16,17)8-1-2-10(11(5-8)14(18,19)20)12(23)21-3-4-24-7-9(22)6-21/h1-2,5,9,22H,3-4,6-7H2/t9-/m0/s1. The van der Waals surface area contributed by atoms with E-state index in [-0.39, 0.29) is 32.4 Å². The first-order chi connectivity index (χ1) is 11.0. The van der Waals surface area contributed by atoms with E-state index in [1.165, 1.54) is 0 Å². The molecule has 2 rings (SSSR count). The Morgan fingerprint density at radius 1 is 1.17 bits per heavy atom. The van der Waals surface area contributed by atoms with E-state index in [0.717, 1.165) is 4.90 Å². The van der Waals surface area contributed by atoms with Crippen LogP contribution in [0, 0.1) is 0 Å². The molecule has 0 spiro atoms. The van der Waals surface area contributed by atoms with Gasteiger partial charge in [0, 0.05) is 13.1 Å². The number of alkyl halides is 6. The first kappa shape index (κ1) is 18.5. The molecule has 0 unspecified atom stereocenters. The van der Waals surface area contributed by atoms with Gasteiger partial charge >= 0.3 is 12.4 Å². The van der Waals surface area contributed by atoms with Crippen LogP contribution in [0.3, 0.4) is 0 Å². The Morgan fingerprint density at radius 3 is 2.42 bits per heavy atom. The summed E-state index contributed by atoms with van der Waals surface area (Å²) in [6.07, 6.45) is -11.2. The van der Waals surface area contributed by atoms with Crippen LogP contribution in [0.25, 0.3) is 0 Å². The Balaban J connectivity index is 2.43. The minimum Gasteiger partial charge on any atom is -0.389 e. The van der Waals surface area contributed by atoms with Crippen LogP contribution in [0.2, 0.25) is 0 Å². The highest BCUT2D eigenvalue weighted by molar-refractivity contribution is 5.96. The number of amides is 1. The molecule has 1 aromatic rings. The maximum atomic E-state index is 13.1. The second-order valence-corrected chi connectivity index (χ2v) is 5.24. The van der Waals surface area contributed by atoms with Gasteiger partial charge in [0.25, 0.3) is 5.91 Å². The molecule has 1 aliphatic rings. The summed E-state index contributed by atoms with van der Waals surface area (Å²) in [6, 6.07) is 0.845. The molecule has 134 valence electrons. The Morgan fingerprint density at radius 2 is 1.83 bits per heavy atom. The fourth-order valence-corrected chi connectivity index (χ4v) is 2.29. The number of ether oxygens (including phenoxy) is 1. The Kier molecular flexibility index (Phi) is 5.09. The van der Waals surface area contributed by atoms with E-state index in [9.17, 15) is 36.2 Å². The van der Waals surface area contributed by atoms with Gasteiger partial charge < -0.3 is 14.7 Å². The second-order valence-electron chi connectivity index (χ2n) is 5.24. The highest BCUT2D eigenvalue weighted by Crippen LogP contribution is 2.37. The zero-order valence-electron chi connectivity index (χ0n) is 12.1. The number of nitrogens with zero attached hydrogens (tertiary/aromatic N) is 1. The third-order valence-corrected chi connectivity index (χ3v) is 3.42. The van der Waals surface area contributed by atoms with Crippen LogP contribution in [0.1, 0.15) is 21.5 Å². The van der Waals surface area contributed by atoms with Crippen molar-refractivity contribution in [3.8, 4) is 0 Å². The van der Waals surface area contributed by atoms with Crippen molar-refractivity contribution in [2.45, 2.75) is 18.5 Å². The molecule has 10 heteroatoms. The molecule has 0 saturated carbocycles. The number of β-amino-alcohol motifs (C(OH)–C–C–N with tert-alkyl or cyclic N) is 1. The second kappa shape index (κ2) is 6.60. The zero-order valence-corrected chi connectivity index (χ0v) is 12.1. The summed E-state index contributed by atoms with van der Waals surface area (Å²) in [5.41, 5.74) is -4.06. The minimum atomic E-state index is -5.13. The molecule has 0 aromatic heterocycles. The summed E-state index contributed by atoms with van der Waals surface area (Å²) in [5, 5.41) is 9.55. The van der Waals surface area contributed by atoms with Crippen molar-refractivity contribution in [2.75, 3.05) is 26.3 Å². The van der Waals surface area contributed by atoms with Crippen molar-refractivity contribution in [3.63, 3.8) is 0 Å². The fraction of sp³-hybridized carbons (Fsp3) is 0.500. The largest absolute Gasteiger partial charge is 0.417 e. The molecule has 1 saturated heterocycles. The number of aliphatic hydroxyl groups is 1. The van der Waals surface area contributed by atoms with Crippen LogP contribution in [0.5, 0.6) is 0 Å². The van der Waals surface area contributed by atoms with Gasteiger partial charge in [0.05, 0.1) is 36.0 Å². The molecule has 0 radical (unpaired) electrons. The number of hydrogen-bond acceptors (Lipinski definition) is 3. The molecule has 1 N–H and O–H groups in total. The van der Waals surface area contributed by atoms with Crippen LogP contribution >= 0.6 is 0 Å². The maximum absolute atomic E-state index is 13.1. The van der Waals surface area contributed by atoms with Crippen LogP contribution in [0.15, 0.2) is 18.2 Å². The number of rotatable bonds is 1.